The smallest absolute Gasteiger partial charge is 0.309 e. The molecule has 0 fully saturated rings. The fourth-order valence-electron chi connectivity index (χ4n) is 1.55. The molecule has 2 rings (SSSR count). The number of nitrogens with zero attached hydrogens (tertiary/aromatic N) is 2. The zero-order valence-corrected chi connectivity index (χ0v) is 9.33. The van der Waals surface area contributed by atoms with E-state index in [4.69, 9.17) is 9.84 Å². The number of carboxylic acid groups (broad SMARTS) is 1. The number of carbonyl (C=O) groups is 1. The van der Waals surface area contributed by atoms with Gasteiger partial charge in [0.1, 0.15) is 0 Å². The molecule has 5 heteroatoms. The number of carboxylic acids is 1. The molecule has 1 aromatic carbocycles. The van der Waals surface area contributed by atoms with Gasteiger partial charge in [0.25, 0.3) is 0 Å². The molecule has 5 nitrogen and oxygen atoms in total. The van der Waals surface area contributed by atoms with E-state index in [1.165, 1.54) is 7.11 Å². The van der Waals surface area contributed by atoms with Crippen molar-refractivity contribution >= 4 is 5.97 Å². The van der Waals surface area contributed by atoms with E-state index in [-0.39, 0.29) is 6.42 Å². The number of aliphatic carboxylic acids is 1. The molecule has 0 aliphatic carbocycles. The van der Waals surface area contributed by atoms with Crippen LogP contribution in [0.4, 0.5) is 0 Å². The van der Waals surface area contributed by atoms with Crippen LogP contribution in [-0.4, -0.2) is 28.0 Å². The largest absolute Gasteiger partial charge is 0.481 e. The van der Waals surface area contributed by atoms with Gasteiger partial charge in [0, 0.05) is 6.07 Å². The second-order valence-corrected chi connectivity index (χ2v) is 3.50. The summed E-state index contributed by atoms with van der Waals surface area (Å²) in [6.07, 6.45) is -0.115. The van der Waals surface area contributed by atoms with Crippen molar-refractivity contribution < 1.29 is 14.6 Å². The molecule has 0 aliphatic heterocycles. The summed E-state index contributed by atoms with van der Waals surface area (Å²) >= 11 is 0. The van der Waals surface area contributed by atoms with Crippen molar-refractivity contribution in [1.82, 2.24) is 9.78 Å². The molecular weight excluding hydrogens is 220 g/mol. The molecule has 1 N–H and O–H groups in total. The molecule has 0 radical (unpaired) electrons. The first-order valence-electron chi connectivity index (χ1n) is 5.11. The van der Waals surface area contributed by atoms with Gasteiger partial charge >= 0.3 is 5.97 Å². The maximum absolute atomic E-state index is 10.6. The number of ether oxygens (including phenoxy) is 1. The lowest BCUT2D eigenvalue weighted by atomic mass is 10.3. The van der Waals surface area contributed by atoms with E-state index in [0.29, 0.717) is 11.6 Å². The molecule has 88 valence electrons. The molecule has 17 heavy (non-hydrogen) atoms. The van der Waals surface area contributed by atoms with Crippen molar-refractivity contribution in [2.24, 2.45) is 0 Å². The van der Waals surface area contributed by atoms with Crippen LogP contribution in [-0.2, 0) is 11.2 Å². The number of benzene rings is 1. The van der Waals surface area contributed by atoms with Crippen LogP contribution in [0.2, 0.25) is 0 Å². The van der Waals surface area contributed by atoms with E-state index in [0.717, 1.165) is 5.69 Å². The zero-order valence-electron chi connectivity index (χ0n) is 9.33. The van der Waals surface area contributed by atoms with E-state index >= 15 is 0 Å². The highest BCUT2D eigenvalue weighted by atomic mass is 16.5. The van der Waals surface area contributed by atoms with Gasteiger partial charge in [-0.25, -0.2) is 4.68 Å². The van der Waals surface area contributed by atoms with Crippen molar-refractivity contribution in [3.05, 3.63) is 42.1 Å². The van der Waals surface area contributed by atoms with Crippen LogP contribution in [0.3, 0.4) is 0 Å². The maximum Gasteiger partial charge on any atom is 0.309 e. The van der Waals surface area contributed by atoms with E-state index in [9.17, 15) is 4.79 Å². The first kappa shape index (κ1) is 11.2. The Bertz CT molecular complexity index is 520. The molecule has 0 atom stereocenters. The van der Waals surface area contributed by atoms with Gasteiger partial charge in [-0.3, -0.25) is 4.79 Å². The monoisotopic (exact) mass is 232 g/mol. The van der Waals surface area contributed by atoms with E-state index in [1.54, 1.807) is 10.7 Å². The predicted octanol–water partition coefficient (Wildman–Crippen LogP) is 1.51. The van der Waals surface area contributed by atoms with Crippen molar-refractivity contribution in [3.8, 4) is 11.6 Å². The summed E-state index contributed by atoms with van der Waals surface area (Å²) in [7, 11) is 1.53. The first-order chi connectivity index (χ1) is 8.20. The molecule has 0 aliphatic rings. The first-order valence-corrected chi connectivity index (χ1v) is 5.11. The van der Waals surface area contributed by atoms with Crippen molar-refractivity contribution in [2.75, 3.05) is 7.11 Å². The molecule has 0 unspecified atom stereocenters. The average molecular weight is 232 g/mol. The lowest BCUT2D eigenvalue weighted by Gasteiger charge is -2.04. The number of para-hydroxylation sites is 1. The fraction of sp³-hybridized carbons (Fsp3) is 0.167. The number of hydrogen-bond donors (Lipinski definition) is 1. The lowest BCUT2D eigenvalue weighted by molar-refractivity contribution is -0.136. The summed E-state index contributed by atoms with van der Waals surface area (Å²) in [4.78, 5) is 10.6. The Morgan fingerprint density at radius 2 is 2.12 bits per heavy atom. The Morgan fingerprint density at radius 3 is 2.71 bits per heavy atom. The third-order valence-electron chi connectivity index (χ3n) is 2.27. The van der Waals surface area contributed by atoms with Crippen LogP contribution in [0.1, 0.15) is 5.69 Å². The number of methoxy groups -OCH3 is 1. The van der Waals surface area contributed by atoms with E-state index in [2.05, 4.69) is 5.10 Å². The van der Waals surface area contributed by atoms with Crippen LogP contribution < -0.4 is 4.74 Å². The Hall–Kier alpha value is -2.30. The minimum Gasteiger partial charge on any atom is -0.481 e. The van der Waals surface area contributed by atoms with Gasteiger partial charge in [0.2, 0.25) is 5.88 Å². The SMILES string of the molecule is COc1cc(CC(=O)O)nn1-c1ccccc1. The third kappa shape index (κ3) is 2.44. The highest BCUT2D eigenvalue weighted by molar-refractivity contribution is 5.69. The van der Waals surface area contributed by atoms with Crippen molar-refractivity contribution in [3.63, 3.8) is 0 Å². The summed E-state index contributed by atoms with van der Waals surface area (Å²) in [5.74, 6) is -0.391. The van der Waals surface area contributed by atoms with E-state index in [1.807, 2.05) is 30.3 Å². The highest BCUT2D eigenvalue weighted by Gasteiger charge is 2.11. The number of hydrogen-bond acceptors (Lipinski definition) is 3. The second-order valence-electron chi connectivity index (χ2n) is 3.50. The van der Waals surface area contributed by atoms with Gasteiger partial charge in [-0.2, -0.15) is 5.10 Å². The molecule has 0 saturated heterocycles. The maximum atomic E-state index is 10.6. The summed E-state index contributed by atoms with van der Waals surface area (Å²) in [6, 6.07) is 11.0. The van der Waals surface area contributed by atoms with E-state index < -0.39 is 5.97 Å². The number of aromatic nitrogens is 2. The third-order valence-corrected chi connectivity index (χ3v) is 2.27. The Morgan fingerprint density at radius 1 is 1.41 bits per heavy atom. The van der Waals surface area contributed by atoms with Gasteiger partial charge in [0.05, 0.1) is 24.9 Å². The normalized spacial score (nSPS) is 10.2. The minimum atomic E-state index is -0.912. The molecular formula is C12H12N2O3. The Kier molecular flexibility index (Phi) is 3.09. The molecule has 1 aromatic heterocycles. The molecule has 0 saturated carbocycles. The van der Waals surface area contributed by atoms with Crippen LogP contribution in [0, 0.1) is 0 Å². The summed E-state index contributed by atoms with van der Waals surface area (Å²) in [5, 5.41) is 12.9. The zero-order chi connectivity index (χ0) is 12.3. The summed E-state index contributed by atoms with van der Waals surface area (Å²) in [6.45, 7) is 0. The van der Waals surface area contributed by atoms with Gasteiger partial charge < -0.3 is 9.84 Å². The van der Waals surface area contributed by atoms with Crippen LogP contribution in [0.25, 0.3) is 5.69 Å². The molecule has 0 bridgehead atoms. The van der Waals surface area contributed by atoms with Crippen molar-refractivity contribution in [2.45, 2.75) is 6.42 Å². The molecule has 0 amide bonds. The minimum absolute atomic E-state index is 0.115. The Balaban J connectivity index is 2.39. The van der Waals surface area contributed by atoms with Crippen LogP contribution >= 0.6 is 0 Å². The fourth-order valence-corrected chi connectivity index (χ4v) is 1.55. The average Bonchev–Trinajstić information content (AvgIpc) is 2.72. The van der Waals surface area contributed by atoms with Gasteiger partial charge in [-0.1, -0.05) is 18.2 Å². The lowest BCUT2D eigenvalue weighted by Crippen LogP contribution is -2.03. The summed E-state index contributed by atoms with van der Waals surface area (Å²) in [5.41, 5.74) is 1.30. The predicted molar refractivity (Wildman–Crippen MR) is 61.5 cm³/mol. The highest BCUT2D eigenvalue weighted by Crippen LogP contribution is 2.19. The number of rotatable bonds is 4. The van der Waals surface area contributed by atoms with Crippen LogP contribution in [0.5, 0.6) is 5.88 Å². The summed E-state index contributed by atoms with van der Waals surface area (Å²) < 4.78 is 6.75. The second kappa shape index (κ2) is 4.69. The topological polar surface area (TPSA) is 64.3 Å². The van der Waals surface area contributed by atoms with Crippen molar-refractivity contribution in [1.29, 1.82) is 0 Å². The quantitative estimate of drug-likeness (QED) is 0.867. The molecule has 1 heterocycles. The van der Waals surface area contributed by atoms with Gasteiger partial charge in [-0.15, -0.1) is 0 Å². The van der Waals surface area contributed by atoms with Gasteiger partial charge in [-0.05, 0) is 12.1 Å². The molecule has 2 aromatic rings. The van der Waals surface area contributed by atoms with Crippen LogP contribution in [0.15, 0.2) is 36.4 Å². The molecule has 0 spiro atoms. The standard InChI is InChI=1S/C12H12N2O3/c1-17-11-7-9(8-12(15)16)13-14(11)10-5-3-2-4-6-10/h2-7H,8H2,1H3,(H,15,16). The van der Waals surface area contributed by atoms with Gasteiger partial charge in [0.15, 0.2) is 0 Å². The Labute approximate surface area is 98.3 Å².